The van der Waals surface area contributed by atoms with Crippen LogP contribution in [-0.2, 0) is 4.74 Å². The summed E-state index contributed by atoms with van der Waals surface area (Å²) in [4.78, 5) is 0. The van der Waals surface area contributed by atoms with Crippen molar-refractivity contribution in [2.45, 2.75) is 50.3 Å². The molecule has 3 nitrogen and oxygen atoms in total. The smallest absolute Gasteiger partial charge is 0.0699 e. The van der Waals surface area contributed by atoms with E-state index in [4.69, 9.17) is 10.5 Å². The van der Waals surface area contributed by atoms with Crippen molar-refractivity contribution in [2.75, 3.05) is 13.2 Å². The summed E-state index contributed by atoms with van der Waals surface area (Å²) in [6.45, 7) is 1.98. The number of nitrogens with two attached hydrogens (primary N) is 1. The van der Waals surface area contributed by atoms with E-state index in [-0.39, 0.29) is 0 Å². The average molecular weight is 184 g/mol. The lowest BCUT2D eigenvalue weighted by Gasteiger charge is -2.35. The molecule has 0 aromatic carbocycles. The normalized spacial score (nSPS) is 39.9. The van der Waals surface area contributed by atoms with E-state index < -0.39 is 0 Å². The van der Waals surface area contributed by atoms with E-state index in [0.29, 0.717) is 18.2 Å². The molecular formula is C10H20N2O. The first-order valence-electron chi connectivity index (χ1n) is 5.45. The van der Waals surface area contributed by atoms with Gasteiger partial charge in [-0.3, -0.25) is 0 Å². The van der Waals surface area contributed by atoms with Crippen LogP contribution in [0.1, 0.15) is 32.1 Å². The van der Waals surface area contributed by atoms with Gasteiger partial charge in [-0.05, 0) is 32.1 Å². The van der Waals surface area contributed by atoms with Crippen LogP contribution < -0.4 is 11.1 Å². The predicted molar refractivity (Wildman–Crippen MR) is 52.6 cm³/mol. The first-order valence-corrected chi connectivity index (χ1v) is 5.45. The van der Waals surface area contributed by atoms with Crippen molar-refractivity contribution in [3.05, 3.63) is 0 Å². The third-order valence-electron chi connectivity index (χ3n) is 3.08. The highest BCUT2D eigenvalue weighted by molar-refractivity contribution is 4.88. The molecule has 1 heterocycles. The van der Waals surface area contributed by atoms with E-state index in [1.54, 1.807) is 0 Å². The molecule has 0 aromatic heterocycles. The molecule has 1 saturated carbocycles. The summed E-state index contributed by atoms with van der Waals surface area (Å²) < 4.78 is 5.63. The minimum absolute atomic E-state index is 0.449. The number of hydrogen-bond donors (Lipinski definition) is 2. The van der Waals surface area contributed by atoms with Crippen LogP contribution in [0.25, 0.3) is 0 Å². The Kier molecular flexibility index (Phi) is 3.19. The van der Waals surface area contributed by atoms with Crippen LogP contribution in [0.5, 0.6) is 0 Å². The maximum absolute atomic E-state index is 5.71. The summed E-state index contributed by atoms with van der Waals surface area (Å²) in [5.41, 5.74) is 5.71. The van der Waals surface area contributed by atoms with Crippen LogP contribution in [-0.4, -0.2) is 31.3 Å². The van der Waals surface area contributed by atoms with E-state index in [2.05, 4.69) is 5.32 Å². The number of rotatable bonds is 3. The second-order valence-electron chi connectivity index (χ2n) is 4.33. The van der Waals surface area contributed by atoms with Gasteiger partial charge in [0.1, 0.15) is 0 Å². The van der Waals surface area contributed by atoms with Gasteiger partial charge in [-0.2, -0.15) is 0 Å². The molecule has 2 fully saturated rings. The van der Waals surface area contributed by atoms with Gasteiger partial charge in [0.2, 0.25) is 0 Å². The lowest BCUT2D eigenvalue weighted by atomic mass is 9.87. The Labute approximate surface area is 80.0 Å². The minimum atomic E-state index is 0.449. The monoisotopic (exact) mass is 184 g/mol. The van der Waals surface area contributed by atoms with Crippen molar-refractivity contribution in [3.63, 3.8) is 0 Å². The molecule has 1 unspecified atom stereocenters. The molecule has 1 atom stereocenters. The Balaban J connectivity index is 1.56. The quantitative estimate of drug-likeness (QED) is 0.676. The van der Waals surface area contributed by atoms with Crippen LogP contribution in [0.15, 0.2) is 0 Å². The molecule has 2 aliphatic rings. The second kappa shape index (κ2) is 4.40. The molecule has 0 radical (unpaired) electrons. The maximum atomic E-state index is 5.71. The molecule has 0 amide bonds. The zero-order valence-corrected chi connectivity index (χ0v) is 8.17. The molecule has 13 heavy (non-hydrogen) atoms. The number of hydrogen-bond acceptors (Lipinski definition) is 3. The lowest BCUT2D eigenvalue weighted by molar-refractivity contribution is 0.0133. The van der Waals surface area contributed by atoms with Gasteiger partial charge in [-0.15, -0.1) is 0 Å². The molecule has 2 rings (SSSR count). The van der Waals surface area contributed by atoms with Crippen LogP contribution in [0.3, 0.4) is 0 Å². The average Bonchev–Trinajstić information content (AvgIpc) is 2.12. The van der Waals surface area contributed by atoms with Crippen LogP contribution >= 0.6 is 0 Å². The Morgan fingerprint density at radius 2 is 2.15 bits per heavy atom. The molecule has 1 aliphatic heterocycles. The Hall–Kier alpha value is -0.120. The van der Waals surface area contributed by atoms with Gasteiger partial charge < -0.3 is 15.8 Å². The SMILES string of the molecule is NC1CC(NCC2CCCCO2)C1. The first-order chi connectivity index (χ1) is 6.34. The summed E-state index contributed by atoms with van der Waals surface area (Å²) in [7, 11) is 0. The summed E-state index contributed by atoms with van der Waals surface area (Å²) in [5, 5.41) is 3.51. The fourth-order valence-electron chi connectivity index (χ4n) is 2.10. The highest BCUT2D eigenvalue weighted by Gasteiger charge is 2.26. The minimum Gasteiger partial charge on any atom is -0.377 e. The maximum Gasteiger partial charge on any atom is 0.0699 e. The van der Waals surface area contributed by atoms with Crippen molar-refractivity contribution in [3.8, 4) is 0 Å². The summed E-state index contributed by atoms with van der Waals surface area (Å²) >= 11 is 0. The predicted octanol–water partition coefficient (Wildman–Crippen LogP) is 0.635. The molecule has 1 aliphatic carbocycles. The van der Waals surface area contributed by atoms with E-state index in [1.165, 1.54) is 19.3 Å². The fourth-order valence-corrected chi connectivity index (χ4v) is 2.10. The van der Waals surface area contributed by atoms with Gasteiger partial charge in [-0.1, -0.05) is 0 Å². The molecule has 76 valence electrons. The topological polar surface area (TPSA) is 47.3 Å². The van der Waals surface area contributed by atoms with E-state index in [1.807, 2.05) is 0 Å². The van der Waals surface area contributed by atoms with E-state index in [0.717, 1.165) is 26.0 Å². The van der Waals surface area contributed by atoms with Gasteiger partial charge in [0.05, 0.1) is 6.10 Å². The first kappa shape index (κ1) is 9.44. The Morgan fingerprint density at radius 1 is 1.31 bits per heavy atom. The highest BCUT2D eigenvalue weighted by Crippen LogP contribution is 2.18. The van der Waals surface area contributed by atoms with Crippen LogP contribution in [0.2, 0.25) is 0 Å². The molecular weight excluding hydrogens is 164 g/mol. The third-order valence-corrected chi connectivity index (χ3v) is 3.08. The number of nitrogens with one attached hydrogen (secondary N) is 1. The molecule has 3 heteroatoms. The van der Waals surface area contributed by atoms with Gasteiger partial charge in [0, 0.05) is 25.2 Å². The largest absolute Gasteiger partial charge is 0.377 e. The van der Waals surface area contributed by atoms with Crippen molar-refractivity contribution in [1.82, 2.24) is 5.32 Å². The highest BCUT2D eigenvalue weighted by atomic mass is 16.5. The zero-order valence-electron chi connectivity index (χ0n) is 8.17. The molecule has 1 saturated heterocycles. The van der Waals surface area contributed by atoms with E-state index in [9.17, 15) is 0 Å². The molecule has 0 bridgehead atoms. The van der Waals surface area contributed by atoms with Crippen molar-refractivity contribution in [1.29, 1.82) is 0 Å². The van der Waals surface area contributed by atoms with Crippen molar-refractivity contribution < 1.29 is 4.74 Å². The third kappa shape index (κ3) is 2.66. The van der Waals surface area contributed by atoms with Gasteiger partial charge in [-0.25, -0.2) is 0 Å². The molecule has 3 N–H and O–H groups in total. The number of ether oxygens (including phenoxy) is 1. The van der Waals surface area contributed by atoms with Gasteiger partial charge >= 0.3 is 0 Å². The van der Waals surface area contributed by atoms with Crippen LogP contribution in [0.4, 0.5) is 0 Å². The molecule has 0 aromatic rings. The van der Waals surface area contributed by atoms with E-state index >= 15 is 0 Å². The van der Waals surface area contributed by atoms with Crippen molar-refractivity contribution >= 4 is 0 Å². The standard InChI is InChI=1S/C10H20N2O/c11-8-5-9(6-8)12-7-10-3-1-2-4-13-10/h8-10,12H,1-7,11H2. The summed E-state index contributed by atoms with van der Waals surface area (Å²) in [5.74, 6) is 0. The fraction of sp³-hybridized carbons (Fsp3) is 1.00. The summed E-state index contributed by atoms with van der Waals surface area (Å²) in [6.07, 6.45) is 6.55. The second-order valence-corrected chi connectivity index (χ2v) is 4.33. The zero-order chi connectivity index (χ0) is 9.10. The Bertz CT molecular complexity index is 151. The molecule has 0 spiro atoms. The summed E-state index contributed by atoms with van der Waals surface area (Å²) in [6, 6.07) is 1.12. The lowest BCUT2D eigenvalue weighted by Crippen LogP contribution is -2.50. The van der Waals surface area contributed by atoms with Gasteiger partial charge in [0.15, 0.2) is 0 Å². The van der Waals surface area contributed by atoms with Gasteiger partial charge in [0.25, 0.3) is 0 Å². The van der Waals surface area contributed by atoms with Crippen molar-refractivity contribution in [2.24, 2.45) is 5.73 Å². The Morgan fingerprint density at radius 3 is 2.77 bits per heavy atom. The van der Waals surface area contributed by atoms with Crippen LogP contribution in [0, 0.1) is 0 Å².